The average Bonchev–Trinajstić information content (AvgIpc) is 2.98. The molecule has 1 saturated heterocycles. The van der Waals surface area contributed by atoms with Gasteiger partial charge in [0.25, 0.3) is 0 Å². The lowest BCUT2D eigenvalue weighted by molar-refractivity contribution is -0.0466. The van der Waals surface area contributed by atoms with Gasteiger partial charge in [0.05, 0.1) is 13.2 Å². The molecule has 1 aliphatic rings. The normalized spacial score (nSPS) is 22.8. The van der Waals surface area contributed by atoms with Crippen molar-refractivity contribution in [2.24, 2.45) is 0 Å². The van der Waals surface area contributed by atoms with Crippen LogP contribution in [0.15, 0.2) is 30.3 Å². The number of nitrogens with zero attached hydrogens (tertiary/aromatic N) is 3. The van der Waals surface area contributed by atoms with Crippen LogP contribution in [0.4, 0.5) is 5.13 Å². The minimum Gasteiger partial charge on any atom is -0.367 e. The van der Waals surface area contributed by atoms with Crippen molar-refractivity contribution in [1.82, 2.24) is 9.36 Å². The standard InChI is InChI=1S/C17H23N3OS/c1-16(2,3)14-18-15(22-19-14)20-10-11-21-17(4,12-20)13-8-6-5-7-9-13/h5-9H,10-12H2,1-4H3. The maximum atomic E-state index is 6.09. The smallest absolute Gasteiger partial charge is 0.205 e. The van der Waals surface area contributed by atoms with Gasteiger partial charge in [0.1, 0.15) is 11.4 Å². The van der Waals surface area contributed by atoms with Crippen molar-refractivity contribution in [2.45, 2.75) is 38.7 Å². The summed E-state index contributed by atoms with van der Waals surface area (Å²) in [7, 11) is 0. The van der Waals surface area contributed by atoms with E-state index in [0.29, 0.717) is 6.61 Å². The van der Waals surface area contributed by atoms with Gasteiger partial charge in [-0.25, -0.2) is 4.98 Å². The summed E-state index contributed by atoms with van der Waals surface area (Å²) >= 11 is 1.49. The van der Waals surface area contributed by atoms with Crippen LogP contribution < -0.4 is 4.90 Å². The lowest BCUT2D eigenvalue weighted by atomic mass is 9.94. The van der Waals surface area contributed by atoms with E-state index in [4.69, 9.17) is 9.72 Å². The lowest BCUT2D eigenvalue weighted by Gasteiger charge is -2.40. The molecule has 0 bridgehead atoms. The molecule has 1 aliphatic heterocycles. The molecule has 1 atom stereocenters. The zero-order valence-electron chi connectivity index (χ0n) is 13.7. The molecule has 118 valence electrons. The first kappa shape index (κ1) is 15.4. The predicted molar refractivity (Wildman–Crippen MR) is 90.6 cm³/mol. The first-order chi connectivity index (χ1) is 10.4. The van der Waals surface area contributed by atoms with Gasteiger partial charge >= 0.3 is 0 Å². The van der Waals surface area contributed by atoms with Crippen LogP contribution in [0.25, 0.3) is 0 Å². The van der Waals surface area contributed by atoms with Crippen molar-refractivity contribution >= 4 is 16.7 Å². The Kier molecular flexibility index (Phi) is 3.95. The molecule has 3 rings (SSSR count). The molecule has 0 aliphatic carbocycles. The molecule has 5 heteroatoms. The Hall–Kier alpha value is -1.46. The van der Waals surface area contributed by atoms with Crippen LogP contribution in [0.1, 0.15) is 39.1 Å². The van der Waals surface area contributed by atoms with E-state index in [2.05, 4.69) is 61.2 Å². The number of anilines is 1. The Labute approximate surface area is 136 Å². The molecule has 1 fully saturated rings. The summed E-state index contributed by atoms with van der Waals surface area (Å²) in [5.74, 6) is 0.917. The van der Waals surface area contributed by atoms with Gasteiger partial charge < -0.3 is 9.64 Å². The van der Waals surface area contributed by atoms with Crippen molar-refractivity contribution in [1.29, 1.82) is 0 Å². The van der Waals surface area contributed by atoms with E-state index in [-0.39, 0.29) is 11.0 Å². The van der Waals surface area contributed by atoms with Crippen molar-refractivity contribution in [3.8, 4) is 0 Å². The second-order valence-electron chi connectivity index (χ2n) is 7.02. The van der Waals surface area contributed by atoms with E-state index in [1.54, 1.807) is 0 Å². The van der Waals surface area contributed by atoms with Crippen LogP contribution >= 0.6 is 11.5 Å². The van der Waals surface area contributed by atoms with E-state index in [1.165, 1.54) is 17.1 Å². The van der Waals surface area contributed by atoms with Crippen LogP contribution in [-0.2, 0) is 15.8 Å². The Bertz CT molecular complexity index is 635. The molecule has 4 nitrogen and oxygen atoms in total. The maximum absolute atomic E-state index is 6.09. The molecule has 2 aromatic rings. The Morgan fingerprint density at radius 3 is 2.59 bits per heavy atom. The number of benzene rings is 1. The minimum absolute atomic E-state index is 0.0101. The highest BCUT2D eigenvalue weighted by atomic mass is 32.1. The van der Waals surface area contributed by atoms with E-state index in [1.807, 2.05) is 6.07 Å². The highest BCUT2D eigenvalue weighted by Crippen LogP contribution is 2.33. The fourth-order valence-electron chi connectivity index (χ4n) is 2.65. The summed E-state index contributed by atoms with van der Waals surface area (Å²) in [5.41, 5.74) is 0.900. The fraction of sp³-hybridized carbons (Fsp3) is 0.529. The van der Waals surface area contributed by atoms with Gasteiger partial charge in [-0.3, -0.25) is 0 Å². The lowest BCUT2D eigenvalue weighted by Crippen LogP contribution is -2.48. The van der Waals surface area contributed by atoms with Gasteiger partial charge in [-0.2, -0.15) is 4.37 Å². The summed E-state index contributed by atoms with van der Waals surface area (Å²) in [6.07, 6.45) is 0. The highest BCUT2D eigenvalue weighted by Gasteiger charge is 2.35. The SMILES string of the molecule is CC(C)(C)c1nsc(N2CCOC(C)(c3ccccc3)C2)n1. The molecule has 0 radical (unpaired) electrons. The van der Waals surface area contributed by atoms with E-state index in [9.17, 15) is 0 Å². The largest absolute Gasteiger partial charge is 0.367 e. The summed E-state index contributed by atoms with van der Waals surface area (Å²) in [6.45, 7) is 11.0. The van der Waals surface area contributed by atoms with Crippen LogP contribution in [0.3, 0.4) is 0 Å². The molecule has 0 spiro atoms. The number of morpholine rings is 1. The summed E-state index contributed by atoms with van der Waals surface area (Å²) in [5, 5.41) is 0.996. The monoisotopic (exact) mass is 317 g/mol. The van der Waals surface area contributed by atoms with Gasteiger partial charge in [0, 0.05) is 23.5 Å². The van der Waals surface area contributed by atoms with Gasteiger partial charge in [-0.1, -0.05) is 51.1 Å². The Morgan fingerprint density at radius 2 is 1.95 bits per heavy atom. The molecular formula is C17H23N3OS. The minimum atomic E-state index is -0.299. The average molecular weight is 317 g/mol. The van der Waals surface area contributed by atoms with Gasteiger partial charge in [0.2, 0.25) is 5.13 Å². The number of hydrogen-bond donors (Lipinski definition) is 0. The Balaban J connectivity index is 1.83. The summed E-state index contributed by atoms with van der Waals surface area (Å²) in [4.78, 5) is 7.04. The molecule has 1 aromatic heterocycles. The number of aromatic nitrogens is 2. The maximum Gasteiger partial charge on any atom is 0.205 e. The van der Waals surface area contributed by atoms with Crippen LogP contribution in [0.2, 0.25) is 0 Å². The van der Waals surface area contributed by atoms with Crippen molar-refractivity contribution < 1.29 is 4.74 Å². The van der Waals surface area contributed by atoms with E-state index >= 15 is 0 Å². The fourth-order valence-corrected chi connectivity index (χ4v) is 3.53. The van der Waals surface area contributed by atoms with Gasteiger partial charge in [0.15, 0.2) is 0 Å². The zero-order chi connectivity index (χ0) is 15.8. The first-order valence-electron chi connectivity index (χ1n) is 7.67. The second kappa shape index (κ2) is 5.63. The number of rotatable bonds is 2. The molecule has 2 heterocycles. The third kappa shape index (κ3) is 3.01. The Morgan fingerprint density at radius 1 is 1.23 bits per heavy atom. The molecule has 0 N–H and O–H groups in total. The third-order valence-corrected chi connectivity index (χ3v) is 4.79. The van der Waals surface area contributed by atoms with E-state index in [0.717, 1.165) is 24.0 Å². The van der Waals surface area contributed by atoms with Crippen LogP contribution in [0, 0.1) is 0 Å². The molecule has 22 heavy (non-hydrogen) atoms. The molecule has 0 amide bonds. The predicted octanol–water partition coefficient (Wildman–Crippen LogP) is 3.59. The topological polar surface area (TPSA) is 38.2 Å². The highest BCUT2D eigenvalue weighted by molar-refractivity contribution is 7.09. The quantitative estimate of drug-likeness (QED) is 0.848. The first-order valence-corrected chi connectivity index (χ1v) is 8.44. The van der Waals surface area contributed by atoms with Gasteiger partial charge in [-0.05, 0) is 12.5 Å². The molecule has 1 unspecified atom stereocenters. The number of ether oxygens (including phenoxy) is 1. The van der Waals surface area contributed by atoms with Crippen molar-refractivity contribution in [2.75, 3.05) is 24.6 Å². The molecule has 0 saturated carbocycles. The van der Waals surface area contributed by atoms with Crippen LogP contribution in [0.5, 0.6) is 0 Å². The number of hydrogen-bond acceptors (Lipinski definition) is 5. The van der Waals surface area contributed by atoms with Crippen LogP contribution in [-0.4, -0.2) is 29.1 Å². The molecular weight excluding hydrogens is 294 g/mol. The third-order valence-electron chi connectivity index (χ3n) is 4.02. The second-order valence-corrected chi connectivity index (χ2v) is 7.75. The van der Waals surface area contributed by atoms with Crippen molar-refractivity contribution in [3.05, 3.63) is 41.7 Å². The van der Waals surface area contributed by atoms with Crippen molar-refractivity contribution in [3.63, 3.8) is 0 Å². The summed E-state index contributed by atoms with van der Waals surface area (Å²) < 4.78 is 10.6. The zero-order valence-corrected chi connectivity index (χ0v) is 14.5. The van der Waals surface area contributed by atoms with E-state index < -0.39 is 0 Å². The summed E-state index contributed by atoms with van der Waals surface area (Å²) in [6, 6.07) is 10.4. The van der Waals surface area contributed by atoms with Gasteiger partial charge in [-0.15, -0.1) is 0 Å². The molecule has 1 aromatic carbocycles.